The lowest BCUT2D eigenvalue weighted by molar-refractivity contribution is 0.134. The van der Waals surface area contributed by atoms with Gasteiger partial charge >= 0.3 is 0 Å². The molecule has 0 aliphatic carbocycles. The van der Waals surface area contributed by atoms with Crippen LogP contribution in [-0.4, -0.2) is 29.6 Å². The lowest BCUT2D eigenvalue weighted by Gasteiger charge is -2.36. The van der Waals surface area contributed by atoms with Crippen molar-refractivity contribution in [2.45, 2.75) is 77.3 Å². The first kappa shape index (κ1) is 14.0. The highest BCUT2D eigenvalue weighted by Crippen LogP contribution is 2.21. The molecule has 1 atom stereocenters. The molecule has 1 saturated heterocycles. The van der Waals surface area contributed by atoms with E-state index in [9.17, 15) is 0 Å². The van der Waals surface area contributed by atoms with E-state index in [1.54, 1.807) is 0 Å². The van der Waals surface area contributed by atoms with E-state index >= 15 is 0 Å². The highest BCUT2D eigenvalue weighted by atomic mass is 15.2. The summed E-state index contributed by atoms with van der Waals surface area (Å²) in [6.07, 6.45) is 9.34. The lowest BCUT2D eigenvalue weighted by Crippen LogP contribution is -2.41. The smallest absolute Gasteiger partial charge is 0.00975 e. The standard InChI is InChI=1S/C14H30N2/c1-4-8-13-9-5-6-11-16(13)12-7-10-14(2,3)15/h13H,4-12,15H2,1-3H3. The zero-order chi connectivity index (χ0) is 12.0. The Labute approximate surface area is 102 Å². The SMILES string of the molecule is CCCC1CCCCN1CCCC(C)(C)N. The molecule has 0 radical (unpaired) electrons. The largest absolute Gasteiger partial charge is 0.326 e. The van der Waals surface area contributed by atoms with Crippen LogP contribution < -0.4 is 5.73 Å². The highest BCUT2D eigenvalue weighted by Gasteiger charge is 2.21. The van der Waals surface area contributed by atoms with E-state index in [4.69, 9.17) is 5.73 Å². The topological polar surface area (TPSA) is 29.3 Å². The van der Waals surface area contributed by atoms with Gasteiger partial charge < -0.3 is 10.6 Å². The van der Waals surface area contributed by atoms with Gasteiger partial charge in [-0.05, 0) is 59.0 Å². The third-order valence-electron chi connectivity index (χ3n) is 3.64. The molecule has 0 saturated carbocycles. The molecule has 0 spiro atoms. The molecular weight excluding hydrogens is 196 g/mol. The molecule has 1 unspecified atom stereocenters. The maximum atomic E-state index is 6.03. The van der Waals surface area contributed by atoms with Gasteiger partial charge in [-0.15, -0.1) is 0 Å². The lowest BCUT2D eigenvalue weighted by atomic mass is 9.96. The van der Waals surface area contributed by atoms with E-state index in [1.165, 1.54) is 51.6 Å². The average molecular weight is 226 g/mol. The molecule has 16 heavy (non-hydrogen) atoms. The van der Waals surface area contributed by atoms with Gasteiger partial charge in [-0.3, -0.25) is 0 Å². The van der Waals surface area contributed by atoms with Gasteiger partial charge in [0.05, 0.1) is 0 Å². The monoisotopic (exact) mass is 226 g/mol. The van der Waals surface area contributed by atoms with Gasteiger partial charge in [0.1, 0.15) is 0 Å². The van der Waals surface area contributed by atoms with Crippen LogP contribution in [0.1, 0.15) is 65.7 Å². The van der Waals surface area contributed by atoms with E-state index in [-0.39, 0.29) is 5.54 Å². The van der Waals surface area contributed by atoms with E-state index in [0.29, 0.717) is 0 Å². The third-order valence-corrected chi connectivity index (χ3v) is 3.64. The Morgan fingerprint density at radius 2 is 2.06 bits per heavy atom. The van der Waals surface area contributed by atoms with E-state index < -0.39 is 0 Å². The third kappa shape index (κ3) is 5.31. The quantitative estimate of drug-likeness (QED) is 0.754. The first-order valence-electron chi connectivity index (χ1n) is 7.06. The Morgan fingerprint density at radius 1 is 1.31 bits per heavy atom. The van der Waals surface area contributed by atoms with Crippen molar-refractivity contribution in [2.24, 2.45) is 5.73 Å². The molecule has 0 aromatic carbocycles. The molecule has 2 N–H and O–H groups in total. The summed E-state index contributed by atoms with van der Waals surface area (Å²) in [6.45, 7) is 9.14. The van der Waals surface area contributed by atoms with Crippen LogP contribution in [0.3, 0.4) is 0 Å². The van der Waals surface area contributed by atoms with Crippen LogP contribution in [0.2, 0.25) is 0 Å². The Bertz CT molecular complexity index is 182. The Hall–Kier alpha value is -0.0800. The summed E-state index contributed by atoms with van der Waals surface area (Å²) in [5, 5.41) is 0. The summed E-state index contributed by atoms with van der Waals surface area (Å²) >= 11 is 0. The van der Waals surface area contributed by atoms with Crippen LogP contribution in [0, 0.1) is 0 Å². The molecule has 0 amide bonds. The van der Waals surface area contributed by atoms with Crippen molar-refractivity contribution in [3.63, 3.8) is 0 Å². The second-order valence-corrected chi connectivity index (χ2v) is 6.07. The molecule has 0 aromatic heterocycles. The summed E-state index contributed by atoms with van der Waals surface area (Å²) in [6, 6.07) is 0.861. The minimum absolute atomic E-state index is 0.00996. The van der Waals surface area contributed by atoms with Crippen molar-refractivity contribution < 1.29 is 0 Å². The van der Waals surface area contributed by atoms with Gasteiger partial charge in [0.15, 0.2) is 0 Å². The van der Waals surface area contributed by atoms with Crippen LogP contribution in [0.4, 0.5) is 0 Å². The Morgan fingerprint density at radius 3 is 2.69 bits per heavy atom. The molecule has 1 aliphatic rings. The van der Waals surface area contributed by atoms with Crippen molar-refractivity contribution in [1.29, 1.82) is 0 Å². The molecule has 1 heterocycles. The molecule has 0 aromatic rings. The molecule has 1 rings (SSSR count). The number of piperidine rings is 1. The second kappa shape index (κ2) is 6.61. The van der Waals surface area contributed by atoms with Crippen molar-refractivity contribution in [3.8, 4) is 0 Å². The van der Waals surface area contributed by atoms with Crippen LogP contribution in [0.5, 0.6) is 0 Å². The summed E-state index contributed by atoms with van der Waals surface area (Å²) in [5.74, 6) is 0. The maximum absolute atomic E-state index is 6.03. The predicted octanol–water partition coefficient (Wildman–Crippen LogP) is 3.16. The maximum Gasteiger partial charge on any atom is 0.00975 e. The predicted molar refractivity (Wildman–Crippen MR) is 71.6 cm³/mol. The van der Waals surface area contributed by atoms with Crippen LogP contribution in [0.25, 0.3) is 0 Å². The van der Waals surface area contributed by atoms with Gasteiger partial charge in [0.25, 0.3) is 0 Å². The summed E-state index contributed by atoms with van der Waals surface area (Å²) in [5.41, 5.74) is 6.04. The van der Waals surface area contributed by atoms with E-state index in [0.717, 1.165) is 12.5 Å². The van der Waals surface area contributed by atoms with Gasteiger partial charge in [-0.2, -0.15) is 0 Å². The van der Waals surface area contributed by atoms with Crippen LogP contribution in [-0.2, 0) is 0 Å². The summed E-state index contributed by atoms with van der Waals surface area (Å²) in [7, 11) is 0. The van der Waals surface area contributed by atoms with Gasteiger partial charge in [0.2, 0.25) is 0 Å². The van der Waals surface area contributed by atoms with Crippen molar-refractivity contribution in [3.05, 3.63) is 0 Å². The minimum Gasteiger partial charge on any atom is -0.326 e. The molecule has 2 heteroatoms. The number of nitrogens with two attached hydrogens (primary N) is 1. The number of hydrogen-bond acceptors (Lipinski definition) is 2. The zero-order valence-corrected chi connectivity index (χ0v) is 11.5. The zero-order valence-electron chi connectivity index (χ0n) is 11.5. The van der Waals surface area contributed by atoms with E-state index in [2.05, 4.69) is 25.7 Å². The minimum atomic E-state index is 0.00996. The van der Waals surface area contributed by atoms with Crippen molar-refractivity contribution in [2.75, 3.05) is 13.1 Å². The number of hydrogen-bond donors (Lipinski definition) is 1. The van der Waals surface area contributed by atoms with Gasteiger partial charge in [-0.25, -0.2) is 0 Å². The average Bonchev–Trinajstić information content (AvgIpc) is 2.19. The fourth-order valence-corrected chi connectivity index (χ4v) is 2.75. The van der Waals surface area contributed by atoms with Gasteiger partial charge in [0, 0.05) is 11.6 Å². The Balaban J connectivity index is 2.27. The fourth-order valence-electron chi connectivity index (χ4n) is 2.75. The summed E-state index contributed by atoms with van der Waals surface area (Å²) < 4.78 is 0. The molecular formula is C14H30N2. The first-order chi connectivity index (χ1) is 7.53. The summed E-state index contributed by atoms with van der Waals surface area (Å²) in [4.78, 5) is 2.71. The first-order valence-corrected chi connectivity index (χ1v) is 7.06. The van der Waals surface area contributed by atoms with Crippen LogP contribution >= 0.6 is 0 Å². The van der Waals surface area contributed by atoms with Crippen molar-refractivity contribution in [1.82, 2.24) is 4.90 Å². The normalized spacial score (nSPS) is 23.6. The highest BCUT2D eigenvalue weighted by molar-refractivity contribution is 4.78. The number of likely N-dealkylation sites (tertiary alicyclic amines) is 1. The molecule has 1 fully saturated rings. The Kier molecular flexibility index (Phi) is 5.77. The molecule has 0 bridgehead atoms. The number of rotatable bonds is 6. The second-order valence-electron chi connectivity index (χ2n) is 6.07. The molecule has 96 valence electrons. The van der Waals surface area contributed by atoms with Crippen molar-refractivity contribution >= 4 is 0 Å². The van der Waals surface area contributed by atoms with Gasteiger partial charge in [-0.1, -0.05) is 19.8 Å². The number of nitrogens with zero attached hydrogens (tertiary/aromatic N) is 1. The molecule has 1 aliphatic heterocycles. The fraction of sp³-hybridized carbons (Fsp3) is 1.00. The molecule has 2 nitrogen and oxygen atoms in total. The van der Waals surface area contributed by atoms with E-state index in [1.807, 2.05) is 0 Å². The van der Waals surface area contributed by atoms with Crippen LogP contribution in [0.15, 0.2) is 0 Å².